The molecule has 2 aromatic rings. The Hall–Kier alpha value is -1.22. The fraction of sp³-hybridized carbons (Fsp3) is 0.308. The van der Waals surface area contributed by atoms with Crippen LogP contribution in [0.5, 0.6) is 5.75 Å². The predicted molar refractivity (Wildman–Crippen MR) is 70.0 cm³/mol. The van der Waals surface area contributed by atoms with Crippen LogP contribution in [-0.2, 0) is 0 Å². The molecule has 3 heteroatoms. The van der Waals surface area contributed by atoms with Gasteiger partial charge in [0.15, 0.2) is 0 Å². The summed E-state index contributed by atoms with van der Waals surface area (Å²) >= 11 is 1.68. The second-order valence-corrected chi connectivity index (χ2v) is 5.46. The highest BCUT2D eigenvalue weighted by Crippen LogP contribution is 2.28. The number of fused-ring (bicyclic) bond motifs is 1. The minimum Gasteiger partial charge on any atom is -0.477 e. The molecule has 0 bridgehead atoms. The Bertz CT molecular complexity index is 496. The van der Waals surface area contributed by atoms with E-state index in [0.717, 1.165) is 16.7 Å². The number of rotatable bonds is 3. The molecule has 84 valence electrons. The van der Waals surface area contributed by atoms with E-state index in [9.17, 15) is 0 Å². The molecule has 2 nitrogen and oxygen atoms in total. The molecule has 0 atom stereocenters. The summed E-state index contributed by atoms with van der Waals surface area (Å²) in [5, 5.41) is 1.14. The third kappa shape index (κ3) is 2.47. The Kier molecular flexibility index (Phi) is 3.06. The number of benzene rings is 1. The number of ether oxygens (including phenoxy) is 1. The van der Waals surface area contributed by atoms with Crippen molar-refractivity contribution >= 4 is 22.7 Å². The van der Waals surface area contributed by atoms with E-state index in [1.54, 1.807) is 18.0 Å². The molecular formula is C13H15NOS. The van der Waals surface area contributed by atoms with Gasteiger partial charge in [-0.05, 0) is 38.3 Å². The summed E-state index contributed by atoms with van der Waals surface area (Å²) in [6, 6.07) is 9.99. The van der Waals surface area contributed by atoms with Gasteiger partial charge < -0.3 is 4.74 Å². The first kappa shape index (κ1) is 11.3. The van der Waals surface area contributed by atoms with Crippen molar-refractivity contribution < 1.29 is 4.74 Å². The Balaban J connectivity index is 2.33. The lowest BCUT2D eigenvalue weighted by molar-refractivity contribution is 0.208. The zero-order chi connectivity index (χ0) is 11.6. The van der Waals surface area contributed by atoms with E-state index < -0.39 is 0 Å². The first-order valence-corrected chi connectivity index (χ1v) is 6.42. The van der Waals surface area contributed by atoms with E-state index in [1.807, 2.05) is 36.6 Å². The van der Waals surface area contributed by atoms with Crippen LogP contribution in [-0.4, -0.2) is 16.2 Å². The highest BCUT2D eigenvalue weighted by atomic mass is 32.2. The summed E-state index contributed by atoms with van der Waals surface area (Å²) in [6.07, 6.45) is 3.84. The Morgan fingerprint density at radius 1 is 1.25 bits per heavy atom. The zero-order valence-electron chi connectivity index (χ0n) is 9.73. The monoisotopic (exact) mass is 233 g/mol. The van der Waals surface area contributed by atoms with Crippen molar-refractivity contribution in [1.82, 2.24) is 4.98 Å². The van der Waals surface area contributed by atoms with Crippen LogP contribution in [0, 0.1) is 0 Å². The first-order chi connectivity index (χ1) is 7.61. The molecular weight excluding hydrogens is 218 g/mol. The summed E-state index contributed by atoms with van der Waals surface area (Å²) in [7, 11) is 0. The average molecular weight is 233 g/mol. The molecule has 1 aromatic heterocycles. The van der Waals surface area contributed by atoms with Gasteiger partial charge in [0.2, 0.25) is 0 Å². The molecule has 0 aliphatic carbocycles. The van der Waals surface area contributed by atoms with Crippen molar-refractivity contribution in [3.05, 3.63) is 36.5 Å². The molecule has 0 radical (unpaired) electrons. The molecule has 1 aromatic carbocycles. The van der Waals surface area contributed by atoms with Crippen molar-refractivity contribution in [3.8, 4) is 5.75 Å². The summed E-state index contributed by atoms with van der Waals surface area (Å²) in [5.41, 5.74) is 0.969. The van der Waals surface area contributed by atoms with E-state index >= 15 is 0 Å². The Labute approximate surface area is 100 Å². The maximum absolute atomic E-state index is 5.88. The van der Waals surface area contributed by atoms with E-state index in [0.29, 0.717) is 0 Å². The third-order valence-corrected chi connectivity index (χ3v) is 3.50. The Morgan fingerprint density at radius 2 is 2.06 bits per heavy atom. The number of aromatic nitrogens is 1. The minimum atomic E-state index is -0.206. The van der Waals surface area contributed by atoms with E-state index in [2.05, 4.69) is 18.8 Å². The lowest BCUT2D eigenvalue weighted by Crippen LogP contribution is -2.22. The smallest absolute Gasteiger partial charge is 0.148 e. The van der Waals surface area contributed by atoms with Gasteiger partial charge in [-0.15, -0.1) is 11.8 Å². The van der Waals surface area contributed by atoms with Crippen molar-refractivity contribution in [2.45, 2.75) is 18.8 Å². The zero-order valence-corrected chi connectivity index (χ0v) is 10.5. The average Bonchev–Trinajstić information content (AvgIpc) is 2.28. The van der Waals surface area contributed by atoms with Crippen LogP contribution in [0.25, 0.3) is 10.9 Å². The van der Waals surface area contributed by atoms with Gasteiger partial charge in [0.05, 0.1) is 5.52 Å². The third-order valence-electron chi connectivity index (χ3n) is 2.43. The first-order valence-electron chi connectivity index (χ1n) is 5.20. The van der Waals surface area contributed by atoms with Crippen molar-refractivity contribution in [2.75, 3.05) is 6.26 Å². The van der Waals surface area contributed by atoms with Gasteiger partial charge in [0.25, 0.3) is 0 Å². The molecule has 0 aliphatic heterocycles. The molecule has 0 amide bonds. The Morgan fingerprint density at radius 3 is 2.81 bits per heavy atom. The van der Waals surface area contributed by atoms with Crippen LogP contribution in [0.4, 0.5) is 0 Å². The van der Waals surface area contributed by atoms with Crippen LogP contribution < -0.4 is 4.74 Å². The number of hydrogen-bond donors (Lipinski definition) is 0. The largest absolute Gasteiger partial charge is 0.477 e. The fourth-order valence-electron chi connectivity index (χ4n) is 1.44. The summed E-state index contributed by atoms with van der Waals surface area (Å²) in [4.78, 5) is 4.11. The maximum atomic E-state index is 5.88. The van der Waals surface area contributed by atoms with Crippen molar-refractivity contribution in [2.24, 2.45) is 0 Å². The molecule has 0 unspecified atom stereocenters. The highest BCUT2D eigenvalue weighted by Gasteiger charge is 2.17. The molecule has 0 saturated carbocycles. The molecule has 0 saturated heterocycles. The minimum absolute atomic E-state index is 0.206. The van der Waals surface area contributed by atoms with Gasteiger partial charge in [-0.25, -0.2) is 0 Å². The van der Waals surface area contributed by atoms with Gasteiger partial charge >= 0.3 is 0 Å². The summed E-state index contributed by atoms with van der Waals surface area (Å²) in [5.74, 6) is 0.866. The maximum Gasteiger partial charge on any atom is 0.148 e. The molecule has 0 spiro atoms. The van der Waals surface area contributed by atoms with Crippen molar-refractivity contribution in [1.29, 1.82) is 0 Å². The molecule has 0 aliphatic rings. The molecule has 0 fully saturated rings. The van der Waals surface area contributed by atoms with Crippen molar-refractivity contribution in [3.63, 3.8) is 0 Å². The van der Waals surface area contributed by atoms with Gasteiger partial charge in [-0.1, -0.05) is 6.07 Å². The molecule has 2 rings (SSSR count). The molecule has 16 heavy (non-hydrogen) atoms. The topological polar surface area (TPSA) is 22.1 Å². The summed E-state index contributed by atoms with van der Waals surface area (Å²) in [6.45, 7) is 4.11. The van der Waals surface area contributed by atoms with Gasteiger partial charge in [0, 0.05) is 17.6 Å². The van der Waals surface area contributed by atoms with Crippen LogP contribution in [0.15, 0.2) is 36.5 Å². The number of nitrogens with zero attached hydrogens (tertiary/aromatic N) is 1. The van der Waals surface area contributed by atoms with Crippen LogP contribution in [0.3, 0.4) is 0 Å². The van der Waals surface area contributed by atoms with Crippen LogP contribution >= 0.6 is 11.8 Å². The SMILES string of the molecule is CSC(C)(C)Oc1ccc2cccnc2c1. The lowest BCUT2D eigenvalue weighted by atomic mass is 10.2. The standard InChI is InChI=1S/C13H15NOS/c1-13(2,16-3)15-11-7-6-10-5-4-8-14-12(10)9-11/h4-9H,1-3H3. The van der Waals surface area contributed by atoms with Gasteiger partial charge in [-0.3, -0.25) is 4.98 Å². The number of hydrogen-bond acceptors (Lipinski definition) is 3. The molecule has 1 heterocycles. The van der Waals surface area contributed by atoms with Gasteiger partial charge in [-0.2, -0.15) is 0 Å². The second-order valence-electron chi connectivity index (χ2n) is 4.06. The van der Waals surface area contributed by atoms with Crippen LogP contribution in [0.1, 0.15) is 13.8 Å². The quantitative estimate of drug-likeness (QED) is 0.754. The number of thioether (sulfide) groups is 1. The number of pyridine rings is 1. The lowest BCUT2D eigenvalue weighted by Gasteiger charge is -2.24. The normalized spacial score (nSPS) is 11.7. The van der Waals surface area contributed by atoms with E-state index in [-0.39, 0.29) is 4.93 Å². The van der Waals surface area contributed by atoms with Crippen LogP contribution in [0.2, 0.25) is 0 Å². The van der Waals surface area contributed by atoms with E-state index in [1.165, 1.54) is 0 Å². The highest BCUT2D eigenvalue weighted by molar-refractivity contribution is 7.99. The predicted octanol–water partition coefficient (Wildman–Crippen LogP) is 3.71. The fourth-order valence-corrected chi connectivity index (χ4v) is 1.61. The van der Waals surface area contributed by atoms with Gasteiger partial charge in [0.1, 0.15) is 10.7 Å². The second kappa shape index (κ2) is 4.34. The summed E-state index contributed by atoms with van der Waals surface area (Å²) < 4.78 is 5.88. The molecule has 0 N–H and O–H groups in total. The van der Waals surface area contributed by atoms with E-state index in [4.69, 9.17) is 4.74 Å².